The van der Waals surface area contributed by atoms with E-state index in [1.807, 2.05) is 43.3 Å². The van der Waals surface area contributed by atoms with Crippen LogP contribution in [0.2, 0.25) is 5.02 Å². The van der Waals surface area contributed by atoms with Gasteiger partial charge < -0.3 is 19.5 Å². The van der Waals surface area contributed by atoms with Gasteiger partial charge in [-0.15, -0.1) is 0 Å². The van der Waals surface area contributed by atoms with Crippen molar-refractivity contribution in [3.8, 4) is 11.5 Å². The minimum Gasteiger partial charge on any atom is -0.493 e. The number of fused-ring (bicyclic) bond motifs is 1. The number of hydrogen-bond donors (Lipinski definition) is 1. The van der Waals surface area contributed by atoms with Crippen LogP contribution >= 0.6 is 27.5 Å². The van der Waals surface area contributed by atoms with Gasteiger partial charge in [0.2, 0.25) is 5.95 Å². The summed E-state index contributed by atoms with van der Waals surface area (Å²) >= 11 is 9.86. The van der Waals surface area contributed by atoms with E-state index in [2.05, 4.69) is 31.3 Å². The number of rotatable bonds is 7. The molecule has 4 rings (SSSR count). The number of carbonyl (C=O) groups excluding carboxylic acids is 1. The molecule has 0 saturated carbocycles. The highest BCUT2D eigenvalue weighted by atomic mass is 79.9. The molecule has 8 nitrogen and oxygen atoms in total. The van der Waals surface area contributed by atoms with E-state index >= 15 is 0 Å². The van der Waals surface area contributed by atoms with Gasteiger partial charge in [-0.2, -0.15) is 10.1 Å². The molecule has 0 fully saturated rings. The van der Waals surface area contributed by atoms with Gasteiger partial charge in [0, 0.05) is 16.3 Å². The van der Waals surface area contributed by atoms with Crippen molar-refractivity contribution in [3.05, 3.63) is 74.6 Å². The van der Waals surface area contributed by atoms with E-state index in [1.54, 1.807) is 18.7 Å². The Labute approximate surface area is 204 Å². The Bertz CT molecular complexity index is 1230. The maximum Gasteiger partial charge on any atom is 0.338 e. The number of esters is 1. The lowest BCUT2D eigenvalue weighted by Gasteiger charge is -2.28. The number of methoxy groups -OCH3 is 1. The summed E-state index contributed by atoms with van der Waals surface area (Å²) in [5.74, 6) is 1.11. The lowest BCUT2D eigenvalue weighted by Crippen LogP contribution is -2.29. The fraction of sp³-hybridized carbons (Fsp3) is 0.261. The zero-order valence-electron chi connectivity index (χ0n) is 18.3. The third kappa shape index (κ3) is 4.56. The molecule has 1 aromatic heterocycles. The minimum absolute atomic E-state index is 0.258. The first-order valence-electron chi connectivity index (χ1n) is 10.2. The third-order valence-corrected chi connectivity index (χ3v) is 6.14. The number of ether oxygens (including phenoxy) is 3. The quantitative estimate of drug-likeness (QED) is 0.421. The molecule has 2 heterocycles. The predicted octanol–water partition coefficient (Wildman–Crippen LogP) is 5.13. The molecule has 0 amide bonds. The van der Waals surface area contributed by atoms with Crippen LogP contribution in [0.15, 0.2) is 58.5 Å². The summed E-state index contributed by atoms with van der Waals surface area (Å²) in [5.41, 5.74) is 2.69. The minimum atomic E-state index is -0.564. The summed E-state index contributed by atoms with van der Waals surface area (Å²) in [4.78, 5) is 17.1. The molecule has 3 aromatic rings. The molecule has 0 saturated heterocycles. The van der Waals surface area contributed by atoms with Gasteiger partial charge in [0.05, 0.1) is 23.8 Å². The van der Waals surface area contributed by atoms with Crippen LogP contribution in [0.5, 0.6) is 11.5 Å². The molecule has 10 heteroatoms. The van der Waals surface area contributed by atoms with Crippen molar-refractivity contribution in [1.29, 1.82) is 0 Å². The largest absolute Gasteiger partial charge is 0.493 e. The first-order valence-corrected chi connectivity index (χ1v) is 11.4. The summed E-state index contributed by atoms with van der Waals surface area (Å²) in [5, 5.41) is 8.07. The van der Waals surface area contributed by atoms with Gasteiger partial charge in [-0.05, 0) is 53.5 Å². The molecule has 1 atom stereocenters. The van der Waals surface area contributed by atoms with E-state index in [-0.39, 0.29) is 13.2 Å². The monoisotopic (exact) mass is 532 g/mol. The number of halogens is 2. The van der Waals surface area contributed by atoms with Crippen LogP contribution in [0.1, 0.15) is 31.0 Å². The Kier molecular flexibility index (Phi) is 6.90. The Balaban J connectivity index is 1.74. The van der Waals surface area contributed by atoms with Crippen LogP contribution in [0.4, 0.5) is 5.95 Å². The van der Waals surface area contributed by atoms with E-state index in [0.29, 0.717) is 38.2 Å². The third-order valence-electron chi connectivity index (χ3n) is 5.19. The van der Waals surface area contributed by atoms with Gasteiger partial charge in [0.1, 0.15) is 19.0 Å². The second-order valence-corrected chi connectivity index (χ2v) is 8.49. The normalized spacial score (nSPS) is 15.0. The van der Waals surface area contributed by atoms with Crippen molar-refractivity contribution in [2.24, 2.45) is 0 Å². The second-order valence-electron chi connectivity index (χ2n) is 7.23. The summed E-state index contributed by atoms with van der Waals surface area (Å²) in [6.45, 7) is 4.10. The topological polar surface area (TPSA) is 87.5 Å². The molecule has 2 aromatic carbocycles. The van der Waals surface area contributed by atoms with Crippen molar-refractivity contribution < 1.29 is 19.0 Å². The van der Waals surface area contributed by atoms with Crippen LogP contribution in [0.3, 0.4) is 0 Å². The molecule has 0 spiro atoms. The molecule has 0 bridgehead atoms. The van der Waals surface area contributed by atoms with Crippen LogP contribution in [-0.4, -0.2) is 34.5 Å². The molecular formula is C23H22BrClN4O4. The first-order chi connectivity index (χ1) is 15.9. The standard InChI is InChI=1S/C23H22BrClN4O4/c1-4-32-22(30)19-13(2)28-23-26-12-27-29(23)20(19)15-9-16(24)21(18(10-15)31-3)33-11-14-7-5-6-8-17(14)25/h5-10,12,20H,4,11H2,1-3H3,(H,26,27,28)/t20-/m1/s1. The Morgan fingerprint density at radius 1 is 1.30 bits per heavy atom. The van der Waals surface area contributed by atoms with Gasteiger partial charge in [0.25, 0.3) is 0 Å². The van der Waals surface area contributed by atoms with Gasteiger partial charge in [-0.1, -0.05) is 29.8 Å². The number of aromatic nitrogens is 3. The Morgan fingerprint density at radius 2 is 2.09 bits per heavy atom. The molecular weight excluding hydrogens is 512 g/mol. The van der Waals surface area contributed by atoms with E-state index in [4.69, 9.17) is 25.8 Å². The van der Waals surface area contributed by atoms with Crippen LogP contribution in [-0.2, 0) is 16.1 Å². The Hall–Kier alpha value is -3.04. The van der Waals surface area contributed by atoms with Crippen molar-refractivity contribution in [3.63, 3.8) is 0 Å². The number of nitrogens with one attached hydrogen (secondary N) is 1. The number of nitrogens with zero attached hydrogens (tertiary/aromatic N) is 3. The molecule has 0 radical (unpaired) electrons. The molecule has 0 unspecified atom stereocenters. The predicted molar refractivity (Wildman–Crippen MR) is 128 cm³/mol. The smallest absolute Gasteiger partial charge is 0.338 e. The lowest BCUT2D eigenvalue weighted by molar-refractivity contribution is -0.139. The first kappa shape index (κ1) is 23.1. The number of allylic oxidation sites excluding steroid dienone is 1. The molecule has 172 valence electrons. The van der Waals surface area contributed by atoms with Gasteiger partial charge in [-0.25, -0.2) is 9.48 Å². The molecule has 33 heavy (non-hydrogen) atoms. The number of hydrogen-bond acceptors (Lipinski definition) is 7. The van der Waals surface area contributed by atoms with Crippen molar-refractivity contribution in [1.82, 2.24) is 14.8 Å². The van der Waals surface area contributed by atoms with E-state index in [1.165, 1.54) is 6.33 Å². The summed E-state index contributed by atoms with van der Waals surface area (Å²) in [6.07, 6.45) is 1.43. The summed E-state index contributed by atoms with van der Waals surface area (Å²) in [6, 6.07) is 10.6. The number of anilines is 1. The zero-order chi connectivity index (χ0) is 23.5. The van der Waals surface area contributed by atoms with Crippen LogP contribution in [0, 0.1) is 0 Å². The number of carbonyl (C=O) groups is 1. The highest BCUT2D eigenvalue weighted by Gasteiger charge is 2.35. The van der Waals surface area contributed by atoms with Gasteiger partial charge >= 0.3 is 5.97 Å². The molecule has 0 aliphatic carbocycles. The maximum atomic E-state index is 12.9. The second kappa shape index (κ2) is 9.84. The average molecular weight is 534 g/mol. The van der Waals surface area contributed by atoms with E-state index in [9.17, 15) is 4.79 Å². The maximum absolute atomic E-state index is 12.9. The van der Waals surface area contributed by atoms with Crippen molar-refractivity contribution in [2.75, 3.05) is 19.0 Å². The lowest BCUT2D eigenvalue weighted by atomic mass is 9.95. The molecule has 1 aliphatic heterocycles. The highest BCUT2D eigenvalue weighted by Crippen LogP contribution is 2.43. The van der Waals surface area contributed by atoms with Crippen molar-refractivity contribution in [2.45, 2.75) is 26.5 Å². The van der Waals surface area contributed by atoms with Crippen LogP contribution in [0.25, 0.3) is 0 Å². The average Bonchev–Trinajstić information content (AvgIpc) is 3.26. The zero-order valence-corrected chi connectivity index (χ0v) is 20.6. The van der Waals surface area contributed by atoms with E-state index < -0.39 is 12.0 Å². The van der Waals surface area contributed by atoms with Crippen molar-refractivity contribution >= 4 is 39.4 Å². The molecule has 1 aliphatic rings. The van der Waals surface area contributed by atoms with E-state index in [0.717, 1.165) is 11.1 Å². The fourth-order valence-electron chi connectivity index (χ4n) is 3.68. The number of benzene rings is 2. The van der Waals surface area contributed by atoms with Gasteiger partial charge in [0.15, 0.2) is 11.5 Å². The summed E-state index contributed by atoms with van der Waals surface area (Å²) < 4.78 is 19.3. The SMILES string of the molecule is CCOC(=O)C1=C(C)Nc2ncnn2[C@@H]1c1cc(Br)c(OCc2ccccc2Cl)c(OC)c1. The summed E-state index contributed by atoms with van der Waals surface area (Å²) in [7, 11) is 1.56. The fourth-order valence-corrected chi connectivity index (χ4v) is 4.44. The van der Waals surface area contributed by atoms with Gasteiger partial charge in [-0.3, -0.25) is 0 Å². The Morgan fingerprint density at radius 3 is 2.82 bits per heavy atom. The van der Waals surface area contributed by atoms with Crippen LogP contribution < -0.4 is 14.8 Å². The molecule has 1 N–H and O–H groups in total. The highest BCUT2D eigenvalue weighted by molar-refractivity contribution is 9.10.